The average Bonchev–Trinajstić information content (AvgIpc) is 3.23. The van der Waals surface area contributed by atoms with Crippen molar-refractivity contribution in [2.24, 2.45) is 16.1 Å². The Balaban J connectivity index is 1.31. The number of Topliss-reactive ketones (excluding diaryl/α,β-unsaturated/α-hetero) is 1. The number of β-lactam (4-membered cyclic amide) rings is 1. The van der Waals surface area contributed by atoms with Gasteiger partial charge in [0.2, 0.25) is 11.4 Å². The van der Waals surface area contributed by atoms with Gasteiger partial charge in [-0.2, -0.15) is 10.2 Å². The summed E-state index contributed by atoms with van der Waals surface area (Å²) in [5.74, 6) is -0.652. The second-order valence-electron chi connectivity index (χ2n) is 10.8. The Morgan fingerprint density at radius 1 is 1.06 bits per heavy atom. The normalized spacial score (nSPS) is 35.7. The molecule has 2 heterocycles. The molecule has 2 aliphatic carbocycles. The molecule has 4 rings (SSSR count). The van der Waals surface area contributed by atoms with Crippen LogP contribution in [0.2, 0.25) is 0 Å². The number of amides is 4. The van der Waals surface area contributed by atoms with Crippen LogP contribution in [0.1, 0.15) is 72.1 Å². The summed E-state index contributed by atoms with van der Waals surface area (Å²) in [5.41, 5.74) is -2.35. The fourth-order valence-electron chi connectivity index (χ4n) is 6.45. The average molecular weight is 504 g/mol. The molecule has 2 aliphatic heterocycles. The second-order valence-corrected chi connectivity index (χ2v) is 10.8. The van der Waals surface area contributed by atoms with Crippen molar-refractivity contribution in [3.8, 4) is 0 Å². The summed E-state index contributed by atoms with van der Waals surface area (Å²) in [4.78, 5) is 52.3. The number of urea groups is 1. The van der Waals surface area contributed by atoms with E-state index in [0.717, 1.165) is 38.9 Å². The number of fused-ring (bicyclic) bond motifs is 1. The Morgan fingerprint density at radius 3 is 2.39 bits per heavy atom. The van der Waals surface area contributed by atoms with Gasteiger partial charge in [-0.05, 0) is 77.9 Å². The number of nitrogens with one attached hydrogen (secondary N) is 4. The molecule has 36 heavy (non-hydrogen) atoms. The third kappa shape index (κ3) is 4.86. The van der Waals surface area contributed by atoms with Gasteiger partial charge in [0.25, 0.3) is 5.91 Å². The second kappa shape index (κ2) is 10.8. The number of hydrogen-bond donors (Lipinski definition) is 4. The monoisotopic (exact) mass is 503 g/mol. The van der Waals surface area contributed by atoms with Gasteiger partial charge in [0.1, 0.15) is 0 Å². The first-order chi connectivity index (χ1) is 17.2. The van der Waals surface area contributed by atoms with E-state index in [1.54, 1.807) is 0 Å². The van der Waals surface area contributed by atoms with E-state index < -0.39 is 17.0 Å². The maximum atomic E-state index is 12.8. The predicted molar refractivity (Wildman–Crippen MR) is 133 cm³/mol. The highest BCUT2D eigenvalue weighted by molar-refractivity contribution is 6.17. The van der Waals surface area contributed by atoms with Crippen LogP contribution in [0, 0.1) is 5.92 Å². The van der Waals surface area contributed by atoms with Gasteiger partial charge in [-0.25, -0.2) is 4.79 Å². The van der Waals surface area contributed by atoms with Gasteiger partial charge in [-0.15, -0.1) is 0 Å². The maximum absolute atomic E-state index is 12.8. The quantitative estimate of drug-likeness (QED) is 0.154. The Bertz CT molecular complexity index is 889. The predicted octanol–water partition coefficient (Wildman–Crippen LogP) is 1.28. The van der Waals surface area contributed by atoms with Crippen molar-refractivity contribution in [3.05, 3.63) is 0 Å². The van der Waals surface area contributed by atoms with Crippen molar-refractivity contribution >= 4 is 23.6 Å². The zero-order valence-corrected chi connectivity index (χ0v) is 21.8. The first-order valence-electron chi connectivity index (χ1n) is 13.6. The number of hydrogen-bond acceptors (Lipinski definition) is 7. The van der Waals surface area contributed by atoms with Crippen LogP contribution in [0.3, 0.4) is 0 Å². The van der Waals surface area contributed by atoms with Gasteiger partial charge in [-0.3, -0.25) is 14.4 Å². The van der Waals surface area contributed by atoms with Crippen LogP contribution in [-0.4, -0.2) is 83.9 Å². The molecule has 4 atom stereocenters. The van der Waals surface area contributed by atoms with Crippen molar-refractivity contribution in [2.75, 3.05) is 26.2 Å². The van der Waals surface area contributed by atoms with E-state index in [1.165, 1.54) is 6.92 Å². The highest BCUT2D eigenvalue weighted by Gasteiger charge is 2.72. The van der Waals surface area contributed by atoms with Crippen LogP contribution in [0.5, 0.6) is 0 Å². The molecule has 1 spiro atoms. The van der Waals surface area contributed by atoms with Crippen LogP contribution in [0.15, 0.2) is 10.2 Å². The third-order valence-corrected chi connectivity index (χ3v) is 8.74. The first-order valence-corrected chi connectivity index (χ1v) is 13.6. The number of carbonyl (C=O) groups is 4. The van der Waals surface area contributed by atoms with E-state index in [-0.39, 0.29) is 41.8 Å². The molecule has 0 aromatic carbocycles. The van der Waals surface area contributed by atoms with E-state index >= 15 is 0 Å². The van der Waals surface area contributed by atoms with E-state index in [0.29, 0.717) is 38.6 Å². The van der Waals surface area contributed by atoms with Crippen molar-refractivity contribution in [1.82, 2.24) is 26.2 Å². The lowest BCUT2D eigenvalue weighted by Crippen LogP contribution is -2.85. The highest BCUT2D eigenvalue weighted by atomic mass is 16.2. The Labute approximate surface area is 213 Å². The van der Waals surface area contributed by atoms with Crippen LogP contribution in [0.25, 0.3) is 0 Å². The summed E-state index contributed by atoms with van der Waals surface area (Å²) in [5, 5.41) is 20.8. The minimum absolute atomic E-state index is 0.000810. The summed E-state index contributed by atoms with van der Waals surface area (Å²) in [6, 6.07) is -0.474. The number of nitrogens with zero attached hydrogens (tertiary/aromatic N) is 3. The summed E-state index contributed by atoms with van der Waals surface area (Å²) < 4.78 is 0. The molecule has 0 aromatic heterocycles. The molecule has 2 saturated heterocycles. The van der Waals surface area contributed by atoms with Gasteiger partial charge in [0, 0.05) is 12.5 Å². The lowest BCUT2D eigenvalue weighted by molar-refractivity contribution is -0.155. The molecule has 200 valence electrons. The van der Waals surface area contributed by atoms with Crippen molar-refractivity contribution in [1.29, 1.82) is 0 Å². The number of ketones is 1. The largest absolute Gasteiger partial charge is 0.356 e. The third-order valence-electron chi connectivity index (χ3n) is 8.74. The molecule has 4 unspecified atom stereocenters. The van der Waals surface area contributed by atoms with E-state index in [1.807, 2.05) is 0 Å². The molecule has 4 fully saturated rings. The van der Waals surface area contributed by atoms with Gasteiger partial charge >= 0.3 is 6.03 Å². The van der Waals surface area contributed by atoms with Crippen molar-refractivity contribution in [3.63, 3.8) is 0 Å². The van der Waals surface area contributed by atoms with Crippen LogP contribution in [-0.2, 0) is 14.4 Å². The highest BCUT2D eigenvalue weighted by Crippen LogP contribution is 2.47. The topological polar surface area (TPSA) is 144 Å². The molecule has 11 nitrogen and oxygen atoms in total. The number of carbonyl (C=O) groups excluding carboxylic acids is 4. The van der Waals surface area contributed by atoms with E-state index in [9.17, 15) is 19.2 Å². The number of rotatable bonds is 10. The number of azo groups is 1. The molecule has 2 saturated carbocycles. The standard InChI is InChI=1S/C25H41N7O4/c1-4-32(5-2)14-6-13-26-21(34)17-7-9-18(10-8-17)30-31-25(16(3)33)22(35)29-24(25)12-11-19-20(15-24)28-23(36)27-19/h17-20H,4-15H2,1-3H3,(H,26,34)(H,29,35)(H2,27,28,36). The minimum atomic E-state index is -1.54. The SMILES string of the molecule is CCN(CC)CCCNC(=O)C1CCC(N=NC2(C(C)=O)C(=O)NC23CCC2NC(=O)NC2C3)CC1. The molecule has 11 heteroatoms. The van der Waals surface area contributed by atoms with Gasteiger partial charge in [-0.1, -0.05) is 13.8 Å². The molecular formula is C25H41N7O4. The summed E-state index contributed by atoms with van der Waals surface area (Å²) in [7, 11) is 0. The maximum Gasteiger partial charge on any atom is 0.315 e. The summed E-state index contributed by atoms with van der Waals surface area (Å²) in [6.07, 6.45) is 5.44. The lowest BCUT2D eigenvalue weighted by Gasteiger charge is -2.57. The molecule has 0 bridgehead atoms. The summed E-state index contributed by atoms with van der Waals surface area (Å²) >= 11 is 0. The van der Waals surface area contributed by atoms with Crippen molar-refractivity contribution in [2.45, 2.75) is 101 Å². The van der Waals surface area contributed by atoms with Crippen LogP contribution < -0.4 is 21.3 Å². The fraction of sp³-hybridized carbons (Fsp3) is 0.840. The smallest absolute Gasteiger partial charge is 0.315 e. The van der Waals surface area contributed by atoms with Gasteiger partial charge < -0.3 is 26.2 Å². The molecule has 0 radical (unpaired) electrons. The first kappa shape index (κ1) is 26.5. The molecule has 4 amide bonds. The Kier molecular flexibility index (Phi) is 7.96. The summed E-state index contributed by atoms with van der Waals surface area (Å²) in [6.45, 7) is 9.40. The fourth-order valence-corrected chi connectivity index (χ4v) is 6.45. The van der Waals surface area contributed by atoms with Crippen LogP contribution in [0.4, 0.5) is 4.79 Å². The van der Waals surface area contributed by atoms with Gasteiger partial charge in [0.05, 0.1) is 23.7 Å². The van der Waals surface area contributed by atoms with Crippen molar-refractivity contribution < 1.29 is 19.2 Å². The van der Waals surface area contributed by atoms with Crippen LogP contribution >= 0.6 is 0 Å². The minimum Gasteiger partial charge on any atom is -0.356 e. The lowest BCUT2D eigenvalue weighted by atomic mass is 9.58. The van der Waals surface area contributed by atoms with E-state index in [2.05, 4.69) is 50.2 Å². The molecule has 4 aliphatic rings. The molecular weight excluding hydrogens is 462 g/mol. The molecule has 0 aromatic rings. The molecule has 4 N–H and O–H groups in total. The zero-order chi connectivity index (χ0) is 25.9. The Morgan fingerprint density at radius 2 is 1.75 bits per heavy atom. The Hall–Kier alpha value is -2.56. The van der Waals surface area contributed by atoms with E-state index in [4.69, 9.17) is 0 Å². The zero-order valence-electron chi connectivity index (χ0n) is 21.8. The van der Waals surface area contributed by atoms with Gasteiger partial charge in [0.15, 0.2) is 5.78 Å².